The van der Waals surface area contributed by atoms with Crippen LogP contribution in [0.15, 0.2) is 12.2 Å². The second-order valence-electron chi connectivity index (χ2n) is 5.22. The fourth-order valence-corrected chi connectivity index (χ4v) is 2.39. The third kappa shape index (κ3) is 2.87. The van der Waals surface area contributed by atoms with E-state index in [1.54, 1.807) is 0 Å². The Morgan fingerprint density at radius 3 is 2.84 bits per heavy atom. The normalized spacial score (nSPS) is 18.3. The second-order valence-corrected chi connectivity index (χ2v) is 5.22. The summed E-state index contributed by atoms with van der Waals surface area (Å²) in [5.41, 5.74) is 3.23. The number of amides is 1. The molecule has 0 bridgehead atoms. The third-order valence-electron chi connectivity index (χ3n) is 3.47. The van der Waals surface area contributed by atoms with E-state index in [0.717, 1.165) is 23.5 Å². The lowest BCUT2D eigenvalue weighted by atomic mass is 10.2. The maximum atomic E-state index is 11.9. The molecule has 2 heterocycles. The molecule has 5 heteroatoms. The van der Waals surface area contributed by atoms with Crippen LogP contribution in [0.3, 0.4) is 0 Å². The van der Waals surface area contributed by atoms with Gasteiger partial charge in [-0.1, -0.05) is 12.2 Å². The molecule has 2 rings (SSSR count). The zero-order chi connectivity index (χ0) is 14.0. The molecule has 0 aliphatic carbocycles. The monoisotopic (exact) mass is 262 g/mol. The number of aryl methyl sites for hydroxylation is 1. The van der Waals surface area contributed by atoms with Crippen LogP contribution in [0.4, 0.5) is 0 Å². The summed E-state index contributed by atoms with van der Waals surface area (Å²) in [5.74, 6) is 0.0184. The molecule has 0 fully saturated rings. The number of nitrogens with one attached hydrogen (secondary N) is 2. The molecule has 104 valence electrons. The van der Waals surface area contributed by atoms with Crippen LogP contribution in [0.25, 0.3) is 0 Å². The average molecular weight is 262 g/mol. The molecular formula is C14H22N4O. The number of hydrogen-bond donors (Lipinski definition) is 2. The van der Waals surface area contributed by atoms with E-state index in [2.05, 4.69) is 36.5 Å². The Hall–Kier alpha value is -1.62. The summed E-state index contributed by atoms with van der Waals surface area (Å²) in [7, 11) is 0. The van der Waals surface area contributed by atoms with Gasteiger partial charge in [0.2, 0.25) is 5.91 Å². The molecule has 0 aromatic carbocycles. The van der Waals surface area contributed by atoms with Gasteiger partial charge in [0.05, 0.1) is 5.69 Å². The van der Waals surface area contributed by atoms with Crippen LogP contribution in [0.2, 0.25) is 0 Å². The van der Waals surface area contributed by atoms with Gasteiger partial charge in [-0.25, -0.2) is 0 Å². The average Bonchev–Trinajstić information content (AvgIpc) is 2.96. The van der Waals surface area contributed by atoms with Crippen molar-refractivity contribution in [2.75, 3.05) is 6.54 Å². The molecule has 2 N–H and O–H groups in total. The molecule has 0 unspecified atom stereocenters. The topological polar surface area (TPSA) is 59.0 Å². The van der Waals surface area contributed by atoms with E-state index in [0.29, 0.717) is 12.6 Å². The van der Waals surface area contributed by atoms with Crippen LogP contribution in [-0.4, -0.2) is 28.3 Å². The van der Waals surface area contributed by atoms with Crippen LogP contribution in [0, 0.1) is 13.8 Å². The molecule has 0 spiro atoms. The van der Waals surface area contributed by atoms with Crippen molar-refractivity contribution < 1.29 is 4.79 Å². The van der Waals surface area contributed by atoms with Crippen molar-refractivity contribution in [1.29, 1.82) is 0 Å². The molecule has 1 atom stereocenters. The summed E-state index contributed by atoms with van der Waals surface area (Å²) in [5, 5.41) is 10.6. The number of nitrogens with zero attached hydrogens (tertiary/aromatic N) is 2. The summed E-state index contributed by atoms with van der Waals surface area (Å²) in [4.78, 5) is 11.9. The lowest BCUT2D eigenvalue weighted by molar-refractivity contribution is -0.122. The van der Waals surface area contributed by atoms with E-state index in [1.807, 2.05) is 23.8 Å². The van der Waals surface area contributed by atoms with Gasteiger partial charge >= 0.3 is 0 Å². The van der Waals surface area contributed by atoms with Crippen LogP contribution < -0.4 is 10.6 Å². The molecule has 19 heavy (non-hydrogen) atoms. The van der Waals surface area contributed by atoms with Gasteiger partial charge in [0.1, 0.15) is 6.04 Å². The summed E-state index contributed by atoms with van der Waals surface area (Å²) in [6.45, 7) is 9.55. The Balaban J connectivity index is 2.03. The Labute approximate surface area is 114 Å². The van der Waals surface area contributed by atoms with Gasteiger partial charge in [0.15, 0.2) is 0 Å². The number of carbonyl (C=O) groups excluding carboxylic acids is 1. The molecule has 1 amide bonds. The van der Waals surface area contributed by atoms with Crippen molar-refractivity contribution in [2.24, 2.45) is 0 Å². The number of aromatic nitrogens is 2. The highest BCUT2D eigenvalue weighted by Crippen LogP contribution is 2.16. The van der Waals surface area contributed by atoms with Gasteiger partial charge in [-0.05, 0) is 27.7 Å². The summed E-state index contributed by atoms with van der Waals surface area (Å²) in [6.07, 6.45) is 3.87. The summed E-state index contributed by atoms with van der Waals surface area (Å²) >= 11 is 0. The number of hydrogen-bond acceptors (Lipinski definition) is 3. The first kappa shape index (κ1) is 13.8. The van der Waals surface area contributed by atoms with Crippen molar-refractivity contribution in [3.05, 3.63) is 29.1 Å². The van der Waals surface area contributed by atoms with E-state index < -0.39 is 0 Å². The maximum absolute atomic E-state index is 11.9. The molecule has 0 saturated heterocycles. The Morgan fingerprint density at radius 1 is 1.58 bits per heavy atom. The predicted molar refractivity (Wildman–Crippen MR) is 74.9 cm³/mol. The standard InChI is InChI=1S/C14H22N4O/c1-9(2)18-11(4)12(10(3)17-18)8-16-14(19)13-6-5-7-15-13/h5-6,9,13,15H,7-8H2,1-4H3,(H,16,19)/t13-/m1/s1. The SMILES string of the molecule is Cc1nn(C(C)C)c(C)c1CNC(=O)[C@H]1C=CCN1. The predicted octanol–water partition coefficient (Wildman–Crippen LogP) is 1.23. The first-order valence-electron chi connectivity index (χ1n) is 6.73. The third-order valence-corrected chi connectivity index (χ3v) is 3.47. The van der Waals surface area contributed by atoms with Crippen LogP contribution in [0.1, 0.15) is 36.8 Å². The largest absolute Gasteiger partial charge is 0.350 e. The van der Waals surface area contributed by atoms with Gasteiger partial charge in [-0.3, -0.25) is 14.8 Å². The minimum Gasteiger partial charge on any atom is -0.350 e. The zero-order valence-electron chi connectivity index (χ0n) is 12.0. The highest BCUT2D eigenvalue weighted by molar-refractivity contribution is 5.84. The minimum absolute atomic E-state index is 0.0184. The Morgan fingerprint density at radius 2 is 2.32 bits per heavy atom. The quantitative estimate of drug-likeness (QED) is 0.802. The lowest BCUT2D eigenvalue weighted by Crippen LogP contribution is -2.40. The smallest absolute Gasteiger partial charge is 0.241 e. The summed E-state index contributed by atoms with van der Waals surface area (Å²) < 4.78 is 2.00. The van der Waals surface area contributed by atoms with Crippen LogP contribution in [0.5, 0.6) is 0 Å². The van der Waals surface area contributed by atoms with E-state index in [-0.39, 0.29) is 11.9 Å². The Kier molecular flexibility index (Phi) is 4.04. The van der Waals surface area contributed by atoms with E-state index in [4.69, 9.17) is 0 Å². The van der Waals surface area contributed by atoms with Crippen LogP contribution >= 0.6 is 0 Å². The fourth-order valence-electron chi connectivity index (χ4n) is 2.39. The van der Waals surface area contributed by atoms with Gasteiger partial charge in [-0.2, -0.15) is 5.10 Å². The van der Waals surface area contributed by atoms with Crippen molar-refractivity contribution in [3.8, 4) is 0 Å². The Bertz CT molecular complexity index is 502. The molecule has 0 radical (unpaired) electrons. The van der Waals surface area contributed by atoms with Gasteiger partial charge < -0.3 is 5.32 Å². The van der Waals surface area contributed by atoms with Crippen molar-refractivity contribution in [1.82, 2.24) is 20.4 Å². The lowest BCUT2D eigenvalue weighted by Gasteiger charge is -2.11. The molecular weight excluding hydrogens is 240 g/mol. The van der Waals surface area contributed by atoms with Gasteiger partial charge in [0.25, 0.3) is 0 Å². The van der Waals surface area contributed by atoms with Gasteiger partial charge in [-0.15, -0.1) is 0 Å². The number of rotatable bonds is 4. The van der Waals surface area contributed by atoms with Crippen molar-refractivity contribution in [3.63, 3.8) is 0 Å². The highest BCUT2D eigenvalue weighted by atomic mass is 16.2. The van der Waals surface area contributed by atoms with E-state index in [1.165, 1.54) is 0 Å². The maximum Gasteiger partial charge on any atom is 0.241 e. The van der Waals surface area contributed by atoms with E-state index >= 15 is 0 Å². The first-order chi connectivity index (χ1) is 9.00. The number of carbonyl (C=O) groups is 1. The summed E-state index contributed by atoms with van der Waals surface area (Å²) in [6, 6.07) is 0.142. The minimum atomic E-state index is -0.194. The second kappa shape index (κ2) is 5.57. The zero-order valence-corrected chi connectivity index (χ0v) is 12.0. The molecule has 1 aromatic rings. The molecule has 1 aromatic heterocycles. The van der Waals surface area contributed by atoms with Gasteiger partial charge in [0, 0.05) is 30.4 Å². The van der Waals surface area contributed by atoms with Crippen molar-refractivity contribution in [2.45, 2.75) is 46.3 Å². The fraction of sp³-hybridized carbons (Fsp3) is 0.571. The molecule has 0 saturated carbocycles. The van der Waals surface area contributed by atoms with E-state index in [9.17, 15) is 4.79 Å². The molecule has 5 nitrogen and oxygen atoms in total. The van der Waals surface area contributed by atoms with Crippen molar-refractivity contribution >= 4 is 5.91 Å². The molecule has 1 aliphatic heterocycles. The first-order valence-corrected chi connectivity index (χ1v) is 6.73. The highest BCUT2D eigenvalue weighted by Gasteiger charge is 2.19. The van der Waals surface area contributed by atoms with Crippen LogP contribution in [-0.2, 0) is 11.3 Å². The molecule has 1 aliphatic rings.